The van der Waals surface area contributed by atoms with Crippen LogP contribution < -0.4 is 10.1 Å². The van der Waals surface area contributed by atoms with Crippen molar-refractivity contribution in [2.75, 3.05) is 14.1 Å². The summed E-state index contributed by atoms with van der Waals surface area (Å²) in [6.45, 7) is 0.285. The monoisotopic (exact) mass is 301 g/mol. The maximum Gasteiger partial charge on any atom is 0.317 e. The molecule has 0 saturated heterocycles. The largest absolute Gasteiger partial charge is 0.487 e. The minimum Gasteiger partial charge on any atom is -0.487 e. The molecule has 3 rings (SSSR count). The first kappa shape index (κ1) is 14.3. The molecule has 0 bridgehead atoms. The molecule has 0 radical (unpaired) electrons. The molecule has 2 amide bonds. The van der Waals surface area contributed by atoms with Gasteiger partial charge in [-0.05, 0) is 24.3 Å². The van der Waals surface area contributed by atoms with Gasteiger partial charge in [0.15, 0.2) is 0 Å². The van der Waals surface area contributed by atoms with Gasteiger partial charge in [-0.1, -0.05) is 6.07 Å². The first-order chi connectivity index (χ1) is 10.6. The van der Waals surface area contributed by atoms with Crippen LogP contribution >= 0.6 is 0 Å². The summed E-state index contributed by atoms with van der Waals surface area (Å²) in [5, 5.41) is 2.59. The maximum absolute atomic E-state index is 13.7. The lowest BCUT2D eigenvalue weighted by Gasteiger charge is -2.28. The van der Waals surface area contributed by atoms with Gasteiger partial charge in [-0.2, -0.15) is 0 Å². The van der Waals surface area contributed by atoms with Gasteiger partial charge in [0, 0.05) is 31.4 Å². The second kappa shape index (κ2) is 5.63. The summed E-state index contributed by atoms with van der Waals surface area (Å²) in [4.78, 5) is 17.9. The van der Waals surface area contributed by atoms with E-state index in [0.29, 0.717) is 11.3 Å². The third-order valence-corrected chi connectivity index (χ3v) is 3.77. The lowest BCUT2D eigenvalue weighted by molar-refractivity contribution is 0.200. The van der Waals surface area contributed by atoms with E-state index in [1.165, 1.54) is 17.0 Å². The van der Waals surface area contributed by atoms with E-state index in [0.717, 1.165) is 11.3 Å². The summed E-state index contributed by atoms with van der Waals surface area (Å²) >= 11 is 0. The van der Waals surface area contributed by atoms with Crippen molar-refractivity contribution in [2.45, 2.75) is 12.6 Å². The van der Waals surface area contributed by atoms with E-state index >= 15 is 0 Å². The number of pyridine rings is 1. The van der Waals surface area contributed by atoms with Gasteiger partial charge in [-0.3, -0.25) is 4.98 Å². The zero-order chi connectivity index (χ0) is 15.7. The summed E-state index contributed by atoms with van der Waals surface area (Å²) < 4.78 is 19.5. The van der Waals surface area contributed by atoms with Gasteiger partial charge < -0.3 is 15.0 Å². The smallest absolute Gasteiger partial charge is 0.317 e. The van der Waals surface area contributed by atoms with Gasteiger partial charge in [-0.15, -0.1) is 0 Å². The number of urea groups is 1. The number of rotatable bonds is 1. The Hall–Kier alpha value is -2.63. The van der Waals surface area contributed by atoms with Crippen molar-refractivity contribution in [3.63, 3.8) is 0 Å². The minimum atomic E-state index is -0.461. The number of carbonyl (C=O) groups excluding carboxylic acids is 1. The third kappa shape index (κ3) is 2.36. The zero-order valence-corrected chi connectivity index (χ0v) is 12.3. The molecule has 1 unspecified atom stereocenters. The van der Waals surface area contributed by atoms with Crippen LogP contribution in [-0.2, 0) is 6.61 Å². The lowest BCUT2D eigenvalue weighted by Crippen LogP contribution is -2.38. The van der Waals surface area contributed by atoms with Gasteiger partial charge in [0.1, 0.15) is 18.2 Å². The molecule has 6 heteroatoms. The molecule has 0 fully saturated rings. The van der Waals surface area contributed by atoms with Gasteiger partial charge in [0.2, 0.25) is 0 Å². The van der Waals surface area contributed by atoms with Crippen LogP contribution in [0.5, 0.6) is 5.75 Å². The van der Waals surface area contributed by atoms with E-state index in [-0.39, 0.29) is 18.5 Å². The first-order valence-electron chi connectivity index (χ1n) is 6.92. The fraction of sp³-hybridized carbons (Fsp3) is 0.250. The number of aromatic nitrogens is 1. The molecule has 1 atom stereocenters. The molecule has 1 aliphatic heterocycles. The van der Waals surface area contributed by atoms with E-state index in [9.17, 15) is 9.18 Å². The predicted octanol–water partition coefficient (Wildman–Crippen LogP) is 2.47. The van der Waals surface area contributed by atoms with Crippen molar-refractivity contribution in [2.24, 2.45) is 0 Å². The highest BCUT2D eigenvalue weighted by Gasteiger charge is 2.31. The first-order valence-corrected chi connectivity index (χ1v) is 6.92. The number of carbonyl (C=O) groups is 1. The molecule has 114 valence electrons. The molecule has 1 aliphatic rings. The molecule has 0 spiro atoms. The molecule has 1 N–H and O–H groups in total. The third-order valence-electron chi connectivity index (χ3n) is 3.77. The lowest BCUT2D eigenvalue weighted by atomic mass is 9.96. The van der Waals surface area contributed by atoms with E-state index in [1.807, 2.05) is 6.07 Å². The van der Waals surface area contributed by atoms with Crippen molar-refractivity contribution in [1.82, 2.24) is 15.2 Å². The Morgan fingerprint density at radius 3 is 3.00 bits per heavy atom. The normalized spacial score (nSPS) is 15.9. The predicted molar refractivity (Wildman–Crippen MR) is 79.0 cm³/mol. The quantitative estimate of drug-likeness (QED) is 0.880. The molecule has 1 aromatic carbocycles. The number of benzene rings is 1. The zero-order valence-electron chi connectivity index (χ0n) is 12.3. The second-order valence-corrected chi connectivity index (χ2v) is 5.08. The van der Waals surface area contributed by atoms with Crippen LogP contribution in [0.4, 0.5) is 9.18 Å². The highest BCUT2D eigenvalue weighted by Crippen LogP contribution is 2.38. The molecule has 1 aromatic heterocycles. The van der Waals surface area contributed by atoms with Gasteiger partial charge in [0.25, 0.3) is 0 Å². The van der Waals surface area contributed by atoms with E-state index in [4.69, 9.17) is 4.74 Å². The van der Waals surface area contributed by atoms with Gasteiger partial charge in [0.05, 0.1) is 11.7 Å². The van der Waals surface area contributed by atoms with Crippen LogP contribution in [0.25, 0.3) is 0 Å². The average Bonchev–Trinajstić information content (AvgIpc) is 2.69. The van der Waals surface area contributed by atoms with E-state index < -0.39 is 6.04 Å². The topological polar surface area (TPSA) is 54.5 Å². The van der Waals surface area contributed by atoms with Crippen molar-refractivity contribution in [3.05, 3.63) is 59.2 Å². The molecule has 2 aromatic rings. The highest BCUT2D eigenvalue weighted by atomic mass is 19.1. The molecule has 5 nitrogen and oxygen atoms in total. The van der Waals surface area contributed by atoms with Crippen molar-refractivity contribution >= 4 is 6.03 Å². The second-order valence-electron chi connectivity index (χ2n) is 5.08. The fourth-order valence-corrected chi connectivity index (χ4v) is 2.71. The SMILES string of the molecule is CNC(=O)N(C)C1c2cc(F)ccc2OCc2ncccc21. The number of amides is 2. The Morgan fingerprint density at radius 1 is 1.41 bits per heavy atom. The molecule has 0 saturated carbocycles. The van der Waals surface area contributed by atoms with Crippen molar-refractivity contribution < 1.29 is 13.9 Å². The average molecular weight is 301 g/mol. The Labute approximate surface area is 127 Å². The Morgan fingerprint density at radius 2 is 2.23 bits per heavy atom. The van der Waals surface area contributed by atoms with Crippen LogP contribution in [0.3, 0.4) is 0 Å². The van der Waals surface area contributed by atoms with Crippen LogP contribution in [0.2, 0.25) is 0 Å². The number of ether oxygens (including phenoxy) is 1. The summed E-state index contributed by atoms with van der Waals surface area (Å²) in [5.74, 6) is 0.185. The standard InChI is InChI=1S/C16H16FN3O2/c1-18-16(21)20(2)15-11-4-3-7-19-13(11)9-22-14-6-5-10(17)8-12(14)15/h3-8,15H,9H2,1-2H3,(H,18,21). The summed E-state index contributed by atoms with van der Waals surface area (Å²) in [6, 6.07) is 7.29. The summed E-state index contributed by atoms with van der Waals surface area (Å²) in [5.41, 5.74) is 2.18. The van der Waals surface area contributed by atoms with Crippen LogP contribution in [0, 0.1) is 5.82 Å². The Bertz CT molecular complexity index is 720. The maximum atomic E-state index is 13.7. The van der Waals surface area contributed by atoms with Gasteiger partial charge >= 0.3 is 6.03 Å². The van der Waals surface area contributed by atoms with Crippen molar-refractivity contribution in [1.29, 1.82) is 0 Å². The number of halogens is 1. The summed E-state index contributed by atoms with van der Waals surface area (Å²) in [6.07, 6.45) is 1.68. The molecule has 2 heterocycles. The number of hydrogen-bond acceptors (Lipinski definition) is 3. The fourth-order valence-electron chi connectivity index (χ4n) is 2.71. The number of hydrogen-bond donors (Lipinski definition) is 1. The van der Waals surface area contributed by atoms with E-state index in [2.05, 4.69) is 10.3 Å². The van der Waals surface area contributed by atoms with Crippen molar-refractivity contribution in [3.8, 4) is 5.75 Å². The Kier molecular flexibility index (Phi) is 3.66. The van der Waals surface area contributed by atoms with Gasteiger partial charge in [-0.25, -0.2) is 9.18 Å². The van der Waals surface area contributed by atoms with Crippen LogP contribution in [0.15, 0.2) is 36.5 Å². The number of nitrogens with one attached hydrogen (secondary N) is 1. The number of fused-ring (bicyclic) bond motifs is 2. The van der Waals surface area contributed by atoms with E-state index in [1.54, 1.807) is 32.4 Å². The summed E-state index contributed by atoms with van der Waals surface area (Å²) in [7, 11) is 3.23. The number of nitrogens with zero attached hydrogens (tertiary/aromatic N) is 2. The van der Waals surface area contributed by atoms with Crippen LogP contribution in [0.1, 0.15) is 22.9 Å². The molecule has 22 heavy (non-hydrogen) atoms. The molecule has 0 aliphatic carbocycles. The molecular weight excluding hydrogens is 285 g/mol. The minimum absolute atomic E-state index is 0.267. The Balaban J connectivity index is 2.20. The highest BCUT2D eigenvalue weighted by molar-refractivity contribution is 5.75. The molecular formula is C16H16FN3O2. The van der Waals surface area contributed by atoms with Crippen LogP contribution in [-0.4, -0.2) is 30.0 Å².